The molecule has 0 saturated heterocycles. The first-order chi connectivity index (χ1) is 16.3. The van der Waals surface area contributed by atoms with E-state index < -0.39 is 9.41 Å². The molecule has 0 aliphatic heterocycles. The van der Waals surface area contributed by atoms with Gasteiger partial charge in [-0.25, -0.2) is 4.68 Å². The molecule has 0 saturated carbocycles. The average molecular weight is 473 g/mol. The molecule has 0 radical (unpaired) electrons. The first-order valence-electron chi connectivity index (χ1n) is 11.6. The van der Waals surface area contributed by atoms with Gasteiger partial charge >= 0.3 is 0 Å². The lowest BCUT2D eigenvalue weighted by Crippen LogP contribution is -2.26. The molecule has 5 aromatic rings. The highest BCUT2D eigenvalue weighted by atomic mass is 32.1. The van der Waals surface area contributed by atoms with Crippen LogP contribution in [-0.2, 0) is 17.6 Å². The Kier molecular flexibility index (Phi) is 6.80. The first kappa shape index (κ1) is 22.2. The molecule has 5 rings (SSSR count). The average Bonchev–Trinajstić information content (AvgIpc) is 3.28. The Hall–Kier alpha value is -2.61. The van der Waals surface area contributed by atoms with E-state index in [1.165, 1.54) is 37.9 Å². The van der Waals surface area contributed by atoms with Gasteiger partial charge in [0.15, 0.2) is 0 Å². The van der Waals surface area contributed by atoms with Gasteiger partial charge in [-0.2, -0.15) is 12.6 Å². The van der Waals surface area contributed by atoms with Crippen LogP contribution in [0.1, 0.15) is 24.1 Å². The fraction of sp³-hybridized carbons (Fsp3) is 0.308. The Morgan fingerprint density at radius 3 is 2.42 bits per heavy atom. The number of hydrogen-bond donors (Lipinski definition) is 1. The maximum absolute atomic E-state index is 10.9. The molecule has 5 nitrogen and oxygen atoms in total. The minimum Gasteiger partial charge on any atom is -0.392 e. The molecule has 0 aliphatic carbocycles. The summed E-state index contributed by atoms with van der Waals surface area (Å²) in [6, 6.07) is 20.6. The maximum Gasteiger partial charge on any atom is 0.261 e. The Labute approximate surface area is 201 Å². The summed E-state index contributed by atoms with van der Waals surface area (Å²) in [6.07, 6.45) is 4.05. The molecule has 4 aromatic carbocycles. The topological polar surface area (TPSA) is 51.0 Å². The van der Waals surface area contributed by atoms with Crippen LogP contribution >= 0.6 is 12.6 Å². The van der Waals surface area contributed by atoms with Crippen LogP contribution in [0.15, 0.2) is 60.8 Å². The second kappa shape index (κ2) is 10.1. The Morgan fingerprint density at radius 1 is 0.909 bits per heavy atom. The lowest BCUT2D eigenvalue weighted by molar-refractivity contribution is 0.264. The van der Waals surface area contributed by atoms with Crippen LogP contribution in [0.5, 0.6) is 0 Å². The van der Waals surface area contributed by atoms with E-state index >= 15 is 0 Å². The van der Waals surface area contributed by atoms with E-state index in [2.05, 4.69) is 88.6 Å². The largest absolute Gasteiger partial charge is 0.392 e. The van der Waals surface area contributed by atoms with Crippen molar-refractivity contribution in [2.24, 2.45) is 0 Å². The van der Waals surface area contributed by atoms with Gasteiger partial charge in [-0.05, 0) is 75.6 Å². The summed E-state index contributed by atoms with van der Waals surface area (Å²) >= 11 is 4.35. The van der Waals surface area contributed by atoms with Crippen LogP contribution in [0.4, 0.5) is 0 Å². The smallest absolute Gasteiger partial charge is 0.261 e. The summed E-state index contributed by atoms with van der Waals surface area (Å²) in [5.74, 6) is 0.866. The van der Waals surface area contributed by atoms with Crippen molar-refractivity contribution in [3.63, 3.8) is 0 Å². The van der Waals surface area contributed by atoms with Gasteiger partial charge in [0.1, 0.15) is 0 Å². The minimum absolute atomic E-state index is 0.667. The molecule has 0 N–H and O–H groups in total. The van der Waals surface area contributed by atoms with Crippen molar-refractivity contribution in [1.29, 1.82) is 0 Å². The molecule has 168 valence electrons. The van der Waals surface area contributed by atoms with Gasteiger partial charge in [0.25, 0.3) is 9.41 Å². The SMILES string of the molecule is O=[SiH]CCCN(CCCS)Cc1cn(Cc2ccc3ccc4cccc5ccc2c3c45)nn1. The van der Waals surface area contributed by atoms with Crippen molar-refractivity contribution >= 4 is 54.4 Å². The third-order valence-electron chi connectivity index (χ3n) is 6.35. The van der Waals surface area contributed by atoms with E-state index in [4.69, 9.17) is 0 Å². The van der Waals surface area contributed by atoms with Crippen molar-refractivity contribution in [1.82, 2.24) is 19.9 Å². The Balaban J connectivity index is 1.39. The fourth-order valence-corrected chi connectivity index (χ4v) is 5.28. The van der Waals surface area contributed by atoms with Crippen LogP contribution in [0.25, 0.3) is 32.3 Å². The van der Waals surface area contributed by atoms with Gasteiger partial charge in [0, 0.05) is 6.54 Å². The lowest BCUT2D eigenvalue weighted by atomic mass is 9.92. The number of benzene rings is 4. The molecule has 0 atom stereocenters. The predicted octanol–water partition coefficient (Wildman–Crippen LogP) is 4.94. The second-order valence-corrected chi connectivity index (χ2v) is 10.0. The number of thiol groups is 1. The molecule has 1 aromatic heterocycles. The normalized spacial score (nSPS) is 11.9. The van der Waals surface area contributed by atoms with E-state index in [0.717, 1.165) is 50.0 Å². The minimum atomic E-state index is -0.667. The van der Waals surface area contributed by atoms with Gasteiger partial charge in [-0.3, -0.25) is 4.90 Å². The highest BCUT2D eigenvalue weighted by molar-refractivity contribution is 7.80. The van der Waals surface area contributed by atoms with Crippen LogP contribution < -0.4 is 0 Å². The Morgan fingerprint density at radius 2 is 1.64 bits per heavy atom. The molecule has 0 bridgehead atoms. The highest BCUT2D eigenvalue weighted by Crippen LogP contribution is 2.36. The third kappa shape index (κ3) is 4.71. The molecule has 0 unspecified atom stereocenters. The van der Waals surface area contributed by atoms with Crippen LogP contribution in [-0.4, -0.2) is 48.1 Å². The summed E-state index contributed by atoms with van der Waals surface area (Å²) in [7, 11) is -0.667. The van der Waals surface area contributed by atoms with E-state index in [1.54, 1.807) is 0 Å². The number of hydrogen-bond acceptors (Lipinski definition) is 5. The number of aromatic nitrogens is 3. The molecule has 0 aliphatic rings. The molecule has 1 heterocycles. The number of nitrogens with zero attached hydrogens (tertiary/aromatic N) is 4. The summed E-state index contributed by atoms with van der Waals surface area (Å²) in [5.41, 5.74) is 2.23. The third-order valence-corrected chi connectivity index (χ3v) is 7.31. The fourth-order valence-electron chi connectivity index (χ4n) is 4.79. The molecule has 7 heteroatoms. The van der Waals surface area contributed by atoms with Crippen LogP contribution in [0.2, 0.25) is 6.04 Å². The zero-order valence-electron chi connectivity index (χ0n) is 18.7. The highest BCUT2D eigenvalue weighted by Gasteiger charge is 2.13. The van der Waals surface area contributed by atoms with Gasteiger partial charge in [0.05, 0.1) is 18.4 Å². The van der Waals surface area contributed by atoms with E-state index in [1.807, 2.05) is 4.68 Å². The molecular formula is C26H28N4OSSi. The molecule has 0 fully saturated rings. The first-order valence-corrected chi connectivity index (χ1v) is 13.5. The second-order valence-electron chi connectivity index (χ2n) is 8.65. The standard InChI is InChI=1S/C26H28N4OSSi/c31-33-15-3-13-29(12-2-14-32)17-23-18-30(28-27-23)16-22-9-8-21-7-6-19-4-1-5-20-10-11-24(22)26(21)25(19)20/h1,4-11,18,32-33H,2-3,12-17H2. The van der Waals surface area contributed by atoms with Crippen molar-refractivity contribution in [3.8, 4) is 0 Å². The van der Waals surface area contributed by atoms with Crippen molar-refractivity contribution < 1.29 is 4.46 Å². The van der Waals surface area contributed by atoms with Gasteiger partial charge in [-0.15, -0.1) is 5.10 Å². The molecule has 0 amide bonds. The Bertz CT molecular complexity index is 1370. The summed E-state index contributed by atoms with van der Waals surface area (Å²) in [4.78, 5) is 2.37. The van der Waals surface area contributed by atoms with Crippen LogP contribution in [0.3, 0.4) is 0 Å². The molecule has 0 spiro atoms. The monoisotopic (exact) mass is 472 g/mol. The van der Waals surface area contributed by atoms with Gasteiger partial charge in [-0.1, -0.05) is 59.8 Å². The lowest BCUT2D eigenvalue weighted by Gasteiger charge is -2.20. The molecule has 33 heavy (non-hydrogen) atoms. The van der Waals surface area contributed by atoms with Crippen LogP contribution in [0, 0.1) is 0 Å². The van der Waals surface area contributed by atoms with E-state index in [0.29, 0.717) is 6.54 Å². The zero-order chi connectivity index (χ0) is 22.6. The number of rotatable bonds is 11. The van der Waals surface area contributed by atoms with Gasteiger partial charge < -0.3 is 4.46 Å². The van der Waals surface area contributed by atoms with E-state index in [9.17, 15) is 4.46 Å². The molecular weight excluding hydrogens is 444 g/mol. The maximum atomic E-state index is 10.9. The summed E-state index contributed by atoms with van der Waals surface area (Å²) in [6.45, 7) is 3.36. The van der Waals surface area contributed by atoms with Crippen molar-refractivity contribution in [2.45, 2.75) is 32.0 Å². The summed E-state index contributed by atoms with van der Waals surface area (Å²) < 4.78 is 12.8. The van der Waals surface area contributed by atoms with Crippen molar-refractivity contribution in [3.05, 3.63) is 72.1 Å². The quantitative estimate of drug-likeness (QED) is 0.128. The predicted molar refractivity (Wildman–Crippen MR) is 140 cm³/mol. The van der Waals surface area contributed by atoms with E-state index in [-0.39, 0.29) is 0 Å². The summed E-state index contributed by atoms with van der Waals surface area (Å²) in [5, 5.41) is 16.7. The van der Waals surface area contributed by atoms with Crippen molar-refractivity contribution in [2.75, 3.05) is 18.8 Å². The zero-order valence-corrected chi connectivity index (χ0v) is 20.7. The van der Waals surface area contributed by atoms with Gasteiger partial charge in [0.2, 0.25) is 0 Å².